The van der Waals surface area contributed by atoms with E-state index in [1.165, 1.54) is 198 Å². The quantitative estimate of drug-likeness (QED) is 0.0726. The van der Waals surface area contributed by atoms with Crippen molar-refractivity contribution in [3.05, 3.63) is 54.6 Å². The molecule has 2 unspecified atom stereocenters. The fourth-order valence-corrected chi connectivity index (χ4v) is 7.41. The Morgan fingerprint density at radius 1 is 0.489 bits per heavy atom. The standard InChI is InChI=1S/C43H76N2/c1-3-5-7-9-11-13-15-17-18-19-21-23-25-27-32-36-43(45-38-37-44-40-45)42(39-41-33-29-28-30-34-41)35-31-26-24-22-20-16-14-12-10-8-6-4-2/h28-30,33-34,37-38,40,42-43H,3-27,31-32,35-36,39H2,1-2H3. The highest BCUT2D eigenvalue weighted by Gasteiger charge is 2.23. The second kappa shape index (κ2) is 29.8. The van der Waals surface area contributed by atoms with Crippen LogP contribution in [0.5, 0.6) is 0 Å². The van der Waals surface area contributed by atoms with Gasteiger partial charge >= 0.3 is 0 Å². The maximum atomic E-state index is 4.48. The molecule has 1 aromatic heterocycles. The Morgan fingerprint density at radius 3 is 1.29 bits per heavy atom. The third kappa shape index (κ3) is 21.8. The molecule has 0 saturated carbocycles. The Morgan fingerprint density at radius 2 is 0.889 bits per heavy atom. The number of benzene rings is 1. The van der Waals surface area contributed by atoms with Crippen LogP contribution in [0, 0.1) is 5.92 Å². The molecule has 258 valence electrons. The average molecular weight is 621 g/mol. The van der Waals surface area contributed by atoms with Crippen molar-refractivity contribution in [1.82, 2.24) is 9.55 Å². The molecule has 1 aromatic carbocycles. The van der Waals surface area contributed by atoms with Gasteiger partial charge < -0.3 is 4.57 Å². The number of hydrogen-bond acceptors (Lipinski definition) is 1. The van der Waals surface area contributed by atoms with Crippen molar-refractivity contribution in [1.29, 1.82) is 0 Å². The molecule has 0 spiro atoms. The Labute approximate surface area is 282 Å². The molecule has 2 heteroatoms. The first-order valence-corrected chi connectivity index (χ1v) is 20.4. The summed E-state index contributed by atoms with van der Waals surface area (Å²) in [5.74, 6) is 0.691. The zero-order valence-electron chi connectivity index (χ0n) is 30.4. The number of aromatic nitrogens is 2. The van der Waals surface area contributed by atoms with Gasteiger partial charge in [-0.1, -0.05) is 218 Å². The summed E-state index contributed by atoms with van der Waals surface area (Å²) in [5.41, 5.74) is 1.50. The minimum atomic E-state index is 0.572. The lowest BCUT2D eigenvalue weighted by atomic mass is 9.84. The summed E-state index contributed by atoms with van der Waals surface area (Å²) < 4.78 is 2.46. The number of unbranched alkanes of at least 4 members (excludes halogenated alkanes) is 25. The van der Waals surface area contributed by atoms with Crippen LogP contribution in [0.25, 0.3) is 0 Å². The van der Waals surface area contributed by atoms with Gasteiger partial charge in [-0.05, 0) is 30.7 Å². The SMILES string of the molecule is CCCCCCCCCCCCCCCCCC(C(CCCCCCCCCCCCCC)Cc1ccccc1)n1ccnc1. The van der Waals surface area contributed by atoms with Crippen molar-refractivity contribution in [2.24, 2.45) is 5.92 Å². The van der Waals surface area contributed by atoms with Crippen LogP contribution in [0.15, 0.2) is 49.1 Å². The van der Waals surface area contributed by atoms with E-state index in [-0.39, 0.29) is 0 Å². The summed E-state index contributed by atoms with van der Waals surface area (Å²) in [6.07, 6.45) is 48.7. The average Bonchev–Trinajstić information content (AvgIpc) is 3.60. The molecule has 0 aliphatic rings. The predicted octanol–water partition coefficient (Wildman–Crippen LogP) is 14.6. The molecular formula is C43H76N2. The fourth-order valence-electron chi connectivity index (χ4n) is 7.41. The van der Waals surface area contributed by atoms with Gasteiger partial charge in [0.25, 0.3) is 0 Å². The predicted molar refractivity (Wildman–Crippen MR) is 200 cm³/mol. The molecule has 2 aromatic rings. The molecule has 2 nitrogen and oxygen atoms in total. The van der Waals surface area contributed by atoms with E-state index >= 15 is 0 Å². The lowest BCUT2D eigenvalue weighted by molar-refractivity contribution is 0.275. The van der Waals surface area contributed by atoms with Crippen LogP contribution in [0.4, 0.5) is 0 Å². The van der Waals surface area contributed by atoms with Crippen LogP contribution in [0.1, 0.15) is 212 Å². The van der Waals surface area contributed by atoms with Crippen LogP contribution in [-0.4, -0.2) is 9.55 Å². The van der Waals surface area contributed by atoms with E-state index in [2.05, 4.69) is 66.3 Å². The first-order chi connectivity index (χ1) is 22.3. The van der Waals surface area contributed by atoms with Crippen molar-refractivity contribution in [2.75, 3.05) is 0 Å². The number of imidazole rings is 1. The molecule has 2 atom stereocenters. The molecule has 0 fully saturated rings. The molecule has 45 heavy (non-hydrogen) atoms. The Balaban J connectivity index is 1.66. The summed E-state index contributed by atoms with van der Waals surface area (Å²) in [6.45, 7) is 4.62. The fraction of sp³-hybridized carbons (Fsp3) is 0.791. The van der Waals surface area contributed by atoms with Gasteiger partial charge in [-0.25, -0.2) is 4.98 Å². The lowest BCUT2D eigenvalue weighted by Gasteiger charge is -2.29. The number of nitrogens with zero attached hydrogens (tertiary/aromatic N) is 2. The van der Waals surface area contributed by atoms with Crippen molar-refractivity contribution in [2.45, 2.75) is 213 Å². The normalized spacial score (nSPS) is 12.9. The van der Waals surface area contributed by atoms with Crippen molar-refractivity contribution < 1.29 is 0 Å². The molecular weight excluding hydrogens is 544 g/mol. The zero-order valence-corrected chi connectivity index (χ0v) is 30.4. The highest BCUT2D eigenvalue weighted by Crippen LogP contribution is 2.32. The van der Waals surface area contributed by atoms with Crippen LogP contribution >= 0.6 is 0 Å². The lowest BCUT2D eigenvalue weighted by Crippen LogP contribution is -2.21. The van der Waals surface area contributed by atoms with Crippen LogP contribution in [-0.2, 0) is 6.42 Å². The summed E-state index contributed by atoms with van der Waals surface area (Å²) in [7, 11) is 0. The minimum absolute atomic E-state index is 0.572. The minimum Gasteiger partial charge on any atom is -0.334 e. The molecule has 0 saturated heterocycles. The van der Waals surface area contributed by atoms with E-state index in [4.69, 9.17) is 0 Å². The molecule has 0 amide bonds. The van der Waals surface area contributed by atoms with Crippen molar-refractivity contribution in [3.63, 3.8) is 0 Å². The molecule has 1 heterocycles. The zero-order chi connectivity index (χ0) is 31.9. The number of rotatable bonds is 33. The molecule has 0 radical (unpaired) electrons. The van der Waals surface area contributed by atoms with Gasteiger partial charge in [0, 0.05) is 18.4 Å². The van der Waals surface area contributed by atoms with Gasteiger partial charge in [-0.2, -0.15) is 0 Å². The van der Waals surface area contributed by atoms with Gasteiger partial charge in [0.2, 0.25) is 0 Å². The second-order valence-corrected chi connectivity index (χ2v) is 14.4. The van der Waals surface area contributed by atoms with Crippen LogP contribution in [0.2, 0.25) is 0 Å². The summed E-state index contributed by atoms with van der Waals surface area (Å²) in [5, 5.41) is 0. The molecule has 0 N–H and O–H groups in total. The van der Waals surface area contributed by atoms with E-state index in [0.29, 0.717) is 12.0 Å². The maximum Gasteiger partial charge on any atom is 0.0948 e. The van der Waals surface area contributed by atoms with Crippen LogP contribution in [0.3, 0.4) is 0 Å². The second-order valence-electron chi connectivity index (χ2n) is 14.4. The summed E-state index contributed by atoms with van der Waals surface area (Å²) >= 11 is 0. The monoisotopic (exact) mass is 621 g/mol. The maximum absolute atomic E-state index is 4.48. The smallest absolute Gasteiger partial charge is 0.0948 e. The third-order valence-corrected chi connectivity index (χ3v) is 10.3. The van der Waals surface area contributed by atoms with E-state index < -0.39 is 0 Å². The Hall–Kier alpha value is -1.57. The Kier molecular flexibility index (Phi) is 26.2. The van der Waals surface area contributed by atoms with Gasteiger partial charge in [0.1, 0.15) is 0 Å². The largest absolute Gasteiger partial charge is 0.334 e. The van der Waals surface area contributed by atoms with Gasteiger partial charge in [0.15, 0.2) is 0 Å². The van der Waals surface area contributed by atoms with E-state index in [1.807, 2.05) is 6.20 Å². The highest BCUT2D eigenvalue weighted by molar-refractivity contribution is 5.15. The molecule has 0 aliphatic carbocycles. The summed E-state index contributed by atoms with van der Waals surface area (Å²) in [6, 6.07) is 11.9. The van der Waals surface area contributed by atoms with Gasteiger partial charge in [0.05, 0.1) is 6.33 Å². The number of hydrogen-bond donors (Lipinski definition) is 0. The Bertz CT molecular complexity index is 829. The first kappa shape index (κ1) is 39.6. The molecule has 2 rings (SSSR count). The molecule has 0 bridgehead atoms. The van der Waals surface area contributed by atoms with Crippen molar-refractivity contribution >= 4 is 0 Å². The van der Waals surface area contributed by atoms with E-state index in [1.54, 1.807) is 0 Å². The first-order valence-electron chi connectivity index (χ1n) is 20.4. The summed E-state index contributed by atoms with van der Waals surface area (Å²) in [4.78, 5) is 4.48. The van der Waals surface area contributed by atoms with E-state index in [0.717, 1.165) is 0 Å². The topological polar surface area (TPSA) is 17.8 Å². The third-order valence-electron chi connectivity index (χ3n) is 10.3. The highest BCUT2D eigenvalue weighted by atomic mass is 15.1. The molecule has 0 aliphatic heterocycles. The van der Waals surface area contributed by atoms with Crippen LogP contribution < -0.4 is 0 Å². The van der Waals surface area contributed by atoms with Crippen molar-refractivity contribution in [3.8, 4) is 0 Å². The van der Waals surface area contributed by atoms with Gasteiger partial charge in [-0.15, -0.1) is 0 Å². The van der Waals surface area contributed by atoms with Gasteiger partial charge in [-0.3, -0.25) is 0 Å². The van der Waals surface area contributed by atoms with E-state index in [9.17, 15) is 0 Å².